The Morgan fingerprint density at radius 2 is 1.88 bits per heavy atom. The molecule has 1 aromatic rings. The van der Waals surface area contributed by atoms with Crippen molar-refractivity contribution in [2.75, 3.05) is 0 Å². The SMILES string of the molecule is CC[C@@H](C)[C@H](NC(=O)[C@@H]1Cc2ccccc2C[NH2+]1)C(=O)NC1CCCC1. The number of benzene rings is 1. The summed E-state index contributed by atoms with van der Waals surface area (Å²) in [6, 6.07) is 7.96. The lowest BCUT2D eigenvalue weighted by Crippen LogP contribution is -2.93. The third-order valence-electron chi connectivity index (χ3n) is 6.01. The number of carbonyl (C=O) groups is 2. The van der Waals surface area contributed by atoms with Gasteiger partial charge in [-0.2, -0.15) is 0 Å². The molecule has 3 rings (SSSR count). The lowest BCUT2D eigenvalue weighted by atomic mass is 9.94. The monoisotopic (exact) mass is 358 g/mol. The van der Waals surface area contributed by atoms with Gasteiger partial charge in [-0.25, -0.2) is 0 Å². The molecule has 1 saturated carbocycles. The van der Waals surface area contributed by atoms with Gasteiger partial charge in [-0.1, -0.05) is 57.4 Å². The molecule has 1 aliphatic carbocycles. The molecule has 1 heterocycles. The Morgan fingerprint density at radius 1 is 1.19 bits per heavy atom. The first-order valence-corrected chi connectivity index (χ1v) is 10.1. The van der Waals surface area contributed by atoms with Gasteiger partial charge in [0.15, 0.2) is 6.04 Å². The Hall–Kier alpha value is -1.88. The largest absolute Gasteiger partial charge is 0.352 e. The topological polar surface area (TPSA) is 74.8 Å². The van der Waals surface area contributed by atoms with Gasteiger partial charge in [0.2, 0.25) is 5.91 Å². The van der Waals surface area contributed by atoms with Gasteiger partial charge in [0, 0.05) is 18.0 Å². The first-order chi connectivity index (χ1) is 12.6. The minimum absolute atomic E-state index is 0.0178. The fourth-order valence-electron chi connectivity index (χ4n) is 4.07. The third-order valence-corrected chi connectivity index (χ3v) is 6.01. The second-order valence-electron chi connectivity index (χ2n) is 7.88. The van der Waals surface area contributed by atoms with Crippen molar-refractivity contribution in [3.05, 3.63) is 35.4 Å². The highest BCUT2D eigenvalue weighted by molar-refractivity contribution is 5.89. The van der Waals surface area contributed by atoms with Crippen molar-refractivity contribution in [3.8, 4) is 0 Å². The number of quaternary nitrogens is 1. The Morgan fingerprint density at radius 3 is 2.58 bits per heavy atom. The van der Waals surface area contributed by atoms with Gasteiger partial charge in [0.05, 0.1) is 0 Å². The number of carbonyl (C=O) groups excluding carboxylic acids is 2. The van der Waals surface area contributed by atoms with E-state index in [1.54, 1.807) is 0 Å². The number of rotatable bonds is 6. The van der Waals surface area contributed by atoms with Gasteiger partial charge in [-0.3, -0.25) is 9.59 Å². The van der Waals surface area contributed by atoms with Crippen molar-refractivity contribution >= 4 is 11.8 Å². The maximum Gasteiger partial charge on any atom is 0.279 e. The summed E-state index contributed by atoms with van der Waals surface area (Å²) in [7, 11) is 0. The van der Waals surface area contributed by atoms with Crippen LogP contribution in [-0.4, -0.2) is 29.9 Å². The van der Waals surface area contributed by atoms with Gasteiger partial charge in [-0.05, 0) is 24.3 Å². The van der Waals surface area contributed by atoms with Gasteiger partial charge < -0.3 is 16.0 Å². The molecule has 5 heteroatoms. The van der Waals surface area contributed by atoms with Gasteiger partial charge >= 0.3 is 0 Å². The van der Waals surface area contributed by atoms with E-state index in [4.69, 9.17) is 0 Å². The molecule has 0 spiro atoms. The van der Waals surface area contributed by atoms with Crippen LogP contribution in [0.1, 0.15) is 57.1 Å². The van der Waals surface area contributed by atoms with E-state index in [2.05, 4.69) is 35.0 Å². The van der Waals surface area contributed by atoms with Crippen LogP contribution in [0.5, 0.6) is 0 Å². The molecule has 3 atom stereocenters. The predicted octanol–water partition coefficient (Wildman–Crippen LogP) is 1.26. The van der Waals surface area contributed by atoms with Crippen LogP contribution in [0, 0.1) is 5.92 Å². The van der Waals surface area contributed by atoms with Gasteiger partial charge in [0.1, 0.15) is 12.6 Å². The molecule has 142 valence electrons. The van der Waals surface area contributed by atoms with Crippen molar-refractivity contribution in [3.63, 3.8) is 0 Å². The Labute approximate surface area is 156 Å². The van der Waals surface area contributed by atoms with E-state index in [1.165, 1.54) is 24.0 Å². The third kappa shape index (κ3) is 4.44. The average Bonchev–Trinajstić information content (AvgIpc) is 3.17. The maximum absolute atomic E-state index is 12.9. The van der Waals surface area contributed by atoms with Crippen LogP contribution in [-0.2, 0) is 22.6 Å². The molecule has 0 aromatic heterocycles. The van der Waals surface area contributed by atoms with Crippen LogP contribution >= 0.6 is 0 Å². The van der Waals surface area contributed by atoms with E-state index < -0.39 is 6.04 Å². The van der Waals surface area contributed by atoms with E-state index in [-0.39, 0.29) is 29.8 Å². The zero-order valence-electron chi connectivity index (χ0n) is 16.0. The lowest BCUT2D eigenvalue weighted by molar-refractivity contribution is -0.695. The Balaban J connectivity index is 1.62. The fraction of sp³-hybridized carbons (Fsp3) is 0.619. The summed E-state index contributed by atoms with van der Waals surface area (Å²) in [5.74, 6) is 0.0819. The molecule has 1 aromatic carbocycles. The molecule has 0 radical (unpaired) electrons. The summed E-state index contributed by atoms with van der Waals surface area (Å²) in [4.78, 5) is 25.6. The van der Waals surface area contributed by atoms with E-state index in [0.29, 0.717) is 0 Å². The smallest absolute Gasteiger partial charge is 0.279 e. The number of nitrogens with one attached hydrogen (secondary N) is 2. The van der Waals surface area contributed by atoms with Crippen molar-refractivity contribution in [2.45, 2.75) is 77.0 Å². The summed E-state index contributed by atoms with van der Waals surface area (Å²) < 4.78 is 0. The first kappa shape index (κ1) is 18.9. The van der Waals surface area contributed by atoms with Crippen molar-refractivity contribution < 1.29 is 14.9 Å². The quantitative estimate of drug-likeness (QED) is 0.716. The molecule has 2 amide bonds. The second kappa shape index (κ2) is 8.67. The van der Waals surface area contributed by atoms with E-state index in [9.17, 15) is 9.59 Å². The van der Waals surface area contributed by atoms with Gasteiger partial charge in [-0.15, -0.1) is 0 Å². The molecular weight excluding hydrogens is 326 g/mol. The van der Waals surface area contributed by atoms with Crippen LogP contribution in [0.4, 0.5) is 0 Å². The summed E-state index contributed by atoms with van der Waals surface area (Å²) in [6.07, 6.45) is 6.06. The molecule has 1 fully saturated rings. The molecule has 0 bridgehead atoms. The van der Waals surface area contributed by atoms with E-state index >= 15 is 0 Å². The lowest BCUT2D eigenvalue weighted by Gasteiger charge is -2.28. The average molecular weight is 359 g/mol. The number of hydrogen-bond acceptors (Lipinski definition) is 2. The first-order valence-electron chi connectivity index (χ1n) is 10.1. The van der Waals surface area contributed by atoms with Crippen molar-refractivity contribution in [1.82, 2.24) is 10.6 Å². The minimum atomic E-state index is -0.446. The number of amides is 2. The second-order valence-corrected chi connectivity index (χ2v) is 7.88. The highest BCUT2D eigenvalue weighted by Crippen LogP contribution is 2.19. The van der Waals surface area contributed by atoms with Crippen molar-refractivity contribution in [2.24, 2.45) is 5.92 Å². The predicted molar refractivity (Wildman–Crippen MR) is 101 cm³/mol. The normalized spacial score (nSPS) is 22.3. The Bertz CT molecular complexity index is 640. The molecule has 0 unspecified atom stereocenters. The van der Waals surface area contributed by atoms with Crippen LogP contribution in [0.15, 0.2) is 24.3 Å². The van der Waals surface area contributed by atoms with Gasteiger partial charge in [0.25, 0.3) is 5.91 Å². The zero-order chi connectivity index (χ0) is 18.5. The molecular formula is C21H32N3O2+. The molecule has 2 aliphatic rings. The summed E-state index contributed by atoms with van der Waals surface area (Å²) in [5.41, 5.74) is 2.54. The van der Waals surface area contributed by atoms with Crippen LogP contribution in [0.2, 0.25) is 0 Å². The number of nitrogens with two attached hydrogens (primary N) is 1. The molecule has 26 heavy (non-hydrogen) atoms. The maximum atomic E-state index is 12.9. The summed E-state index contributed by atoms with van der Waals surface area (Å²) in [5, 5.41) is 8.30. The van der Waals surface area contributed by atoms with Crippen LogP contribution in [0.25, 0.3) is 0 Å². The van der Waals surface area contributed by atoms with E-state index in [1.807, 2.05) is 19.1 Å². The fourth-order valence-corrected chi connectivity index (χ4v) is 4.07. The zero-order valence-corrected chi connectivity index (χ0v) is 16.0. The summed E-state index contributed by atoms with van der Waals surface area (Å²) >= 11 is 0. The highest BCUT2D eigenvalue weighted by atomic mass is 16.2. The highest BCUT2D eigenvalue weighted by Gasteiger charge is 2.33. The molecule has 5 nitrogen and oxygen atoms in total. The van der Waals surface area contributed by atoms with Crippen molar-refractivity contribution in [1.29, 1.82) is 0 Å². The van der Waals surface area contributed by atoms with E-state index in [0.717, 1.165) is 32.2 Å². The number of hydrogen-bond donors (Lipinski definition) is 3. The van der Waals surface area contributed by atoms with Crippen LogP contribution < -0.4 is 16.0 Å². The number of fused-ring (bicyclic) bond motifs is 1. The molecule has 4 N–H and O–H groups in total. The van der Waals surface area contributed by atoms with Crippen LogP contribution in [0.3, 0.4) is 0 Å². The Kier molecular flexibility index (Phi) is 6.30. The molecule has 0 saturated heterocycles. The summed E-state index contributed by atoms with van der Waals surface area (Å²) in [6.45, 7) is 4.92. The standard InChI is InChI=1S/C21H31N3O2/c1-3-14(2)19(21(26)23-17-10-6-7-11-17)24-20(25)18-12-15-8-4-5-9-16(15)13-22-18/h4-5,8-9,14,17-19,22H,3,6-7,10-13H2,1-2H3,(H,23,26)(H,24,25)/p+1/t14-,18+,19+/m1/s1. The minimum Gasteiger partial charge on any atom is -0.352 e. The molecule has 1 aliphatic heterocycles.